The molecule has 4 nitrogen and oxygen atoms in total. The smallest absolute Gasteiger partial charge is 0.223 e. The SMILES string of the molecule is CCCCN(C(=O)CCc1ccc(Cl)cc1Cl)C1CCS(=O)(=O)C1. The van der Waals surface area contributed by atoms with Gasteiger partial charge in [-0.25, -0.2) is 8.42 Å². The van der Waals surface area contributed by atoms with Crippen molar-refractivity contribution in [3.63, 3.8) is 0 Å². The highest BCUT2D eigenvalue weighted by Crippen LogP contribution is 2.24. The van der Waals surface area contributed by atoms with Gasteiger partial charge in [-0.15, -0.1) is 0 Å². The van der Waals surface area contributed by atoms with Gasteiger partial charge in [0.1, 0.15) is 0 Å². The van der Waals surface area contributed by atoms with Crippen molar-refractivity contribution < 1.29 is 13.2 Å². The van der Waals surface area contributed by atoms with E-state index in [1.165, 1.54) is 0 Å². The molecular formula is C17H23Cl2NO3S. The quantitative estimate of drug-likeness (QED) is 0.710. The second-order valence-electron chi connectivity index (χ2n) is 6.23. The molecule has 1 amide bonds. The summed E-state index contributed by atoms with van der Waals surface area (Å²) in [4.78, 5) is 14.4. The summed E-state index contributed by atoms with van der Waals surface area (Å²) in [6.45, 7) is 2.67. The molecule has 0 spiro atoms. The molecule has 134 valence electrons. The Morgan fingerprint density at radius 3 is 2.67 bits per heavy atom. The van der Waals surface area contributed by atoms with Gasteiger partial charge < -0.3 is 4.90 Å². The van der Waals surface area contributed by atoms with Crippen LogP contribution in [0.25, 0.3) is 0 Å². The zero-order chi connectivity index (χ0) is 17.7. The number of benzene rings is 1. The van der Waals surface area contributed by atoms with Crippen LogP contribution in [-0.2, 0) is 21.1 Å². The number of carbonyl (C=O) groups is 1. The Kier molecular flexibility index (Phi) is 6.96. The summed E-state index contributed by atoms with van der Waals surface area (Å²) < 4.78 is 23.5. The summed E-state index contributed by atoms with van der Waals surface area (Å²) in [5.41, 5.74) is 0.879. The molecule has 1 saturated heterocycles. The average Bonchev–Trinajstić information content (AvgIpc) is 2.86. The Labute approximate surface area is 154 Å². The van der Waals surface area contributed by atoms with E-state index in [-0.39, 0.29) is 23.5 Å². The van der Waals surface area contributed by atoms with Crippen LogP contribution in [0.2, 0.25) is 10.0 Å². The molecule has 1 aromatic carbocycles. The van der Waals surface area contributed by atoms with Crippen LogP contribution in [0.15, 0.2) is 18.2 Å². The molecule has 1 heterocycles. The Morgan fingerprint density at radius 1 is 1.33 bits per heavy atom. The number of halogens is 2. The molecule has 0 saturated carbocycles. The third kappa shape index (κ3) is 5.36. The molecule has 0 N–H and O–H groups in total. The number of sulfone groups is 1. The molecule has 0 aliphatic carbocycles. The zero-order valence-electron chi connectivity index (χ0n) is 13.8. The molecule has 1 atom stereocenters. The molecule has 0 bridgehead atoms. The Hall–Kier alpha value is -0.780. The van der Waals surface area contributed by atoms with Gasteiger partial charge in [0.25, 0.3) is 0 Å². The second kappa shape index (κ2) is 8.54. The molecule has 24 heavy (non-hydrogen) atoms. The van der Waals surface area contributed by atoms with Crippen molar-refractivity contribution in [2.24, 2.45) is 0 Å². The second-order valence-corrected chi connectivity index (χ2v) is 9.31. The van der Waals surface area contributed by atoms with E-state index in [0.717, 1.165) is 18.4 Å². The standard InChI is InChI=1S/C17H23Cl2NO3S/c1-2-3-9-20(15-8-10-24(22,23)12-15)17(21)7-5-13-4-6-14(18)11-16(13)19/h4,6,11,15H,2-3,5,7-10,12H2,1H3. The number of hydrogen-bond acceptors (Lipinski definition) is 3. The highest BCUT2D eigenvalue weighted by Gasteiger charge is 2.34. The molecule has 1 unspecified atom stereocenters. The van der Waals surface area contributed by atoms with E-state index in [1.807, 2.05) is 6.07 Å². The predicted molar refractivity (Wildman–Crippen MR) is 98.5 cm³/mol. The summed E-state index contributed by atoms with van der Waals surface area (Å²) in [5, 5.41) is 1.12. The van der Waals surface area contributed by atoms with Crippen molar-refractivity contribution in [3.05, 3.63) is 33.8 Å². The van der Waals surface area contributed by atoms with E-state index in [1.54, 1.807) is 17.0 Å². The number of rotatable bonds is 7. The summed E-state index contributed by atoms with van der Waals surface area (Å²) >= 11 is 12.0. The number of carbonyl (C=O) groups excluding carboxylic acids is 1. The number of unbranched alkanes of at least 4 members (excludes halogenated alkanes) is 1. The van der Waals surface area contributed by atoms with E-state index in [9.17, 15) is 13.2 Å². The van der Waals surface area contributed by atoms with E-state index >= 15 is 0 Å². The maximum absolute atomic E-state index is 12.7. The van der Waals surface area contributed by atoms with Gasteiger partial charge in [-0.2, -0.15) is 0 Å². The molecule has 7 heteroatoms. The van der Waals surface area contributed by atoms with Crippen LogP contribution in [0.5, 0.6) is 0 Å². The zero-order valence-corrected chi connectivity index (χ0v) is 16.1. The lowest BCUT2D eigenvalue weighted by Crippen LogP contribution is -2.41. The molecule has 1 fully saturated rings. The van der Waals surface area contributed by atoms with E-state index in [2.05, 4.69) is 6.92 Å². The van der Waals surface area contributed by atoms with Gasteiger partial charge in [0.15, 0.2) is 9.84 Å². The molecular weight excluding hydrogens is 369 g/mol. The van der Waals surface area contributed by atoms with Gasteiger partial charge >= 0.3 is 0 Å². The molecule has 1 aromatic rings. The number of nitrogens with zero attached hydrogens (tertiary/aromatic N) is 1. The first-order valence-corrected chi connectivity index (χ1v) is 10.8. The Morgan fingerprint density at radius 2 is 2.08 bits per heavy atom. The number of aryl methyl sites for hydroxylation is 1. The molecule has 2 rings (SSSR count). The van der Waals surface area contributed by atoms with Gasteiger partial charge in [0.2, 0.25) is 5.91 Å². The Bertz CT molecular complexity index is 691. The molecule has 1 aliphatic rings. The minimum atomic E-state index is -3.01. The lowest BCUT2D eigenvalue weighted by atomic mass is 10.1. The van der Waals surface area contributed by atoms with E-state index in [0.29, 0.717) is 35.9 Å². The summed E-state index contributed by atoms with van der Waals surface area (Å²) in [6.07, 6.45) is 3.23. The van der Waals surface area contributed by atoms with Gasteiger partial charge in [-0.3, -0.25) is 4.79 Å². The van der Waals surface area contributed by atoms with Crippen molar-refractivity contribution in [2.75, 3.05) is 18.1 Å². The predicted octanol–water partition coefficient (Wildman–Crippen LogP) is 3.74. The Balaban J connectivity index is 2.02. The van der Waals surface area contributed by atoms with Crippen molar-refractivity contribution in [1.82, 2.24) is 4.90 Å². The fraction of sp³-hybridized carbons (Fsp3) is 0.588. The monoisotopic (exact) mass is 391 g/mol. The third-order valence-corrected chi connectivity index (χ3v) is 6.68. The van der Waals surface area contributed by atoms with Crippen molar-refractivity contribution in [1.29, 1.82) is 0 Å². The average molecular weight is 392 g/mol. The first kappa shape index (κ1) is 19.5. The highest BCUT2D eigenvalue weighted by molar-refractivity contribution is 7.91. The normalized spacial score (nSPS) is 19.4. The summed E-state index contributed by atoms with van der Waals surface area (Å²) in [5.74, 6) is 0.261. The highest BCUT2D eigenvalue weighted by atomic mass is 35.5. The van der Waals surface area contributed by atoms with Gasteiger partial charge in [0.05, 0.1) is 11.5 Å². The van der Waals surface area contributed by atoms with Gasteiger partial charge in [-0.1, -0.05) is 42.6 Å². The maximum atomic E-state index is 12.7. The largest absolute Gasteiger partial charge is 0.339 e. The van der Waals surface area contributed by atoms with E-state index in [4.69, 9.17) is 23.2 Å². The first-order chi connectivity index (χ1) is 11.3. The molecule has 0 aromatic heterocycles. The first-order valence-electron chi connectivity index (χ1n) is 8.26. The number of hydrogen-bond donors (Lipinski definition) is 0. The fourth-order valence-corrected chi connectivity index (χ4v) is 5.20. The van der Waals surface area contributed by atoms with Crippen LogP contribution < -0.4 is 0 Å². The molecule has 0 radical (unpaired) electrons. The topological polar surface area (TPSA) is 54.5 Å². The maximum Gasteiger partial charge on any atom is 0.223 e. The van der Waals surface area contributed by atoms with Crippen LogP contribution in [0.3, 0.4) is 0 Å². The summed E-state index contributed by atoms with van der Waals surface area (Å²) in [7, 11) is -3.01. The lowest BCUT2D eigenvalue weighted by Gasteiger charge is -2.28. The minimum absolute atomic E-state index is 0.00318. The van der Waals surface area contributed by atoms with Gasteiger partial charge in [0, 0.05) is 29.1 Å². The van der Waals surface area contributed by atoms with Crippen LogP contribution in [0.4, 0.5) is 0 Å². The fourth-order valence-electron chi connectivity index (χ4n) is 2.97. The van der Waals surface area contributed by atoms with Gasteiger partial charge in [-0.05, 0) is 37.0 Å². The van der Waals surface area contributed by atoms with E-state index < -0.39 is 9.84 Å². The van der Waals surface area contributed by atoms with Crippen LogP contribution in [0, 0.1) is 0 Å². The minimum Gasteiger partial charge on any atom is -0.339 e. The van der Waals surface area contributed by atoms with Crippen LogP contribution in [-0.4, -0.2) is 43.3 Å². The van der Waals surface area contributed by atoms with Crippen molar-refractivity contribution >= 4 is 38.9 Å². The van der Waals surface area contributed by atoms with Crippen LogP contribution in [0.1, 0.15) is 38.2 Å². The molecule has 1 aliphatic heterocycles. The number of amides is 1. The van der Waals surface area contributed by atoms with Crippen molar-refractivity contribution in [3.8, 4) is 0 Å². The summed E-state index contributed by atoms with van der Waals surface area (Å²) in [6, 6.07) is 5.07. The lowest BCUT2D eigenvalue weighted by molar-refractivity contribution is -0.133. The third-order valence-electron chi connectivity index (χ3n) is 4.35. The van der Waals surface area contributed by atoms with Crippen molar-refractivity contribution in [2.45, 2.75) is 45.1 Å². The van der Waals surface area contributed by atoms with Crippen LogP contribution >= 0.6 is 23.2 Å².